The molecule has 0 aliphatic rings. The van der Waals surface area contributed by atoms with E-state index < -0.39 is 0 Å². The smallest absolute Gasteiger partial charge is 0.0191 e. The molecule has 0 aromatic carbocycles. The first kappa shape index (κ1) is 27.8. The van der Waals surface area contributed by atoms with Crippen molar-refractivity contribution in [2.75, 3.05) is 39.3 Å². The molecule has 0 bridgehead atoms. The van der Waals surface area contributed by atoms with Crippen LogP contribution in [0.4, 0.5) is 0 Å². The third-order valence-corrected chi connectivity index (χ3v) is 6.03. The van der Waals surface area contributed by atoms with Crippen LogP contribution in [0.3, 0.4) is 0 Å². The Balaban J connectivity index is 5.06. The monoisotopic (exact) mass is 400 g/mol. The summed E-state index contributed by atoms with van der Waals surface area (Å²) in [7, 11) is 0. The molecular weight excluding hydrogens is 348 g/mol. The van der Waals surface area contributed by atoms with Gasteiger partial charge in [0.15, 0.2) is 0 Å². The lowest BCUT2D eigenvalue weighted by atomic mass is 10.0. The van der Waals surface area contributed by atoms with Gasteiger partial charge < -0.3 is 22.9 Å². The maximum atomic E-state index is 6.38. The van der Waals surface area contributed by atoms with E-state index >= 15 is 0 Å². The van der Waals surface area contributed by atoms with Crippen molar-refractivity contribution in [3.05, 3.63) is 0 Å². The highest BCUT2D eigenvalue weighted by atomic mass is 15.2. The van der Waals surface area contributed by atoms with E-state index in [1.807, 2.05) is 0 Å². The molecule has 0 fully saturated rings. The predicted molar refractivity (Wildman–Crippen MR) is 124 cm³/mol. The van der Waals surface area contributed by atoms with Crippen LogP contribution in [0, 0.1) is 23.7 Å². The average molecular weight is 401 g/mol. The summed E-state index contributed by atoms with van der Waals surface area (Å²) in [5.41, 5.74) is 25.5. The molecule has 28 heavy (non-hydrogen) atoms. The molecule has 0 spiro atoms. The third-order valence-electron chi connectivity index (χ3n) is 6.03. The van der Waals surface area contributed by atoms with Gasteiger partial charge in [0, 0.05) is 63.4 Å². The molecule has 0 radical (unpaired) electrons. The average Bonchev–Trinajstić information content (AvgIpc) is 2.58. The first-order valence-electron chi connectivity index (χ1n) is 11.3. The van der Waals surface area contributed by atoms with Crippen LogP contribution >= 0.6 is 0 Å². The van der Waals surface area contributed by atoms with Crippen molar-refractivity contribution in [3.8, 4) is 0 Å². The van der Waals surface area contributed by atoms with Crippen LogP contribution < -0.4 is 22.9 Å². The molecule has 6 heteroatoms. The second kappa shape index (κ2) is 13.9. The van der Waals surface area contributed by atoms with Crippen molar-refractivity contribution >= 4 is 0 Å². The van der Waals surface area contributed by atoms with Crippen LogP contribution in [0.2, 0.25) is 0 Å². The lowest BCUT2D eigenvalue weighted by Crippen LogP contribution is -2.52. The molecule has 0 aromatic rings. The molecule has 0 aliphatic heterocycles. The molecule has 0 amide bonds. The lowest BCUT2D eigenvalue weighted by molar-refractivity contribution is 0.155. The first-order valence-corrected chi connectivity index (χ1v) is 11.3. The maximum Gasteiger partial charge on any atom is 0.0191 e. The first-order chi connectivity index (χ1) is 12.8. The van der Waals surface area contributed by atoms with Gasteiger partial charge in [-0.15, -0.1) is 0 Å². The summed E-state index contributed by atoms with van der Waals surface area (Å²) < 4.78 is 0. The van der Waals surface area contributed by atoms with E-state index in [1.165, 1.54) is 0 Å². The Morgan fingerprint density at radius 1 is 0.429 bits per heavy atom. The Morgan fingerprint density at radius 2 is 0.607 bits per heavy atom. The molecule has 0 aliphatic carbocycles. The van der Waals surface area contributed by atoms with Crippen molar-refractivity contribution in [1.29, 1.82) is 0 Å². The summed E-state index contributed by atoms with van der Waals surface area (Å²) in [4.78, 5) is 4.87. The molecule has 0 unspecified atom stereocenters. The van der Waals surface area contributed by atoms with E-state index in [4.69, 9.17) is 22.9 Å². The van der Waals surface area contributed by atoms with Gasteiger partial charge in [-0.05, 0) is 23.7 Å². The Morgan fingerprint density at radius 3 is 0.750 bits per heavy atom. The summed E-state index contributed by atoms with van der Waals surface area (Å²) in [6, 6.07) is 0.625. The van der Waals surface area contributed by atoms with Gasteiger partial charge in [0.1, 0.15) is 0 Å². The summed E-state index contributed by atoms with van der Waals surface area (Å²) in [5, 5.41) is 0. The predicted octanol–water partition coefficient (Wildman–Crippen LogP) is 1.52. The topological polar surface area (TPSA) is 111 Å². The van der Waals surface area contributed by atoms with Crippen molar-refractivity contribution in [2.45, 2.75) is 79.6 Å². The Hall–Kier alpha value is -0.240. The number of nitrogens with zero attached hydrogens (tertiary/aromatic N) is 2. The van der Waals surface area contributed by atoms with E-state index in [9.17, 15) is 0 Å². The minimum atomic E-state index is 0.156. The van der Waals surface area contributed by atoms with E-state index in [2.05, 4.69) is 65.2 Å². The molecular formula is C22H52N6. The standard InChI is InChI=1S/C22H52N6/c1-15(2)19(23)11-27(12-20(24)16(3)4)9-10-28(13-21(25)17(5)6)14-22(26)18(7)8/h15-22H,9-14,23-26H2,1-8H3/t19-,20-,21-,22-/m1/s1. The molecule has 0 saturated heterocycles. The molecule has 0 aromatic heterocycles. The van der Waals surface area contributed by atoms with Crippen LogP contribution in [-0.4, -0.2) is 73.2 Å². The fraction of sp³-hybridized carbons (Fsp3) is 1.00. The van der Waals surface area contributed by atoms with Crippen molar-refractivity contribution in [1.82, 2.24) is 9.80 Å². The summed E-state index contributed by atoms with van der Waals surface area (Å²) in [5.74, 6) is 1.82. The zero-order valence-electron chi connectivity index (χ0n) is 20.1. The van der Waals surface area contributed by atoms with E-state index in [-0.39, 0.29) is 24.2 Å². The number of nitrogens with two attached hydrogens (primary N) is 4. The summed E-state index contributed by atoms with van der Waals surface area (Å²) in [6.45, 7) is 22.8. The molecule has 170 valence electrons. The van der Waals surface area contributed by atoms with Crippen molar-refractivity contribution in [3.63, 3.8) is 0 Å². The van der Waals surface area contributed by atoms with Gasteiger partial charge in [0.25, 0.3) is 0 Å². The fourth-order valence-corrected chi connectivity index (χ4v) is 2.83. The third kappa shape index (κ3) is 11.7. The van der Waals surface area contributed by atoms with Gasteiger partial charge in [-0.1, -0.05) is 55.4 Å². The largest absolute Gasteiger partial charge is 0.326 e. The number of hydrogen-bond acceptors (Lipinski definition) is 6. The second-order valence-electron chi connectivity index (χ2n) is 10.2. The highest BCUT2D eigenvalue weighted by Gasteiger charge is 2.21. The molecule has 0 rings (SSSR count). The van der Waals surface area contributed by atoms with Gasteiger partial charge in [-0.3, -0.25) is 9.80 Å². The molecule has 4 atom stereocenters. The molecule has 8 N–H and O–H groups in total. The van der Waals surface area contributed by atoms with E-state index in [0.29, 0.717) is 23.7 Å². The quantitative estimate of drug-likeness (QED) is 0.332. The SMILES string of the molecule is CC(C)[C@H](N)CN(CCN(C[C@@H](N)C(C)C)C[C@@H](N)C(C)C)C[C@@H](N)C(C)C. The zero-order valence-corrected chi connectivity index (χ0v) is 20.1. The van der Waals surface area contributed by atoms with Gasteiger partial charge in [-0.25, -0.2) is 0 Å². The second-order valence-corrected chi connectivity index (χ2v) is 10.2. The molecule has 0 saturated carbocycles. The number of rotatable bonds is 15. The fourth-order valence-electron chi connectivity index (χ4n) is 2.83. The highest BCUT2D eigenvalue weighted by Crippen LogP contribution is 2.09. The van der Waals surface area contributed by atoms with E-state index in [0.717, 1.165) is 39.3 Å². The van der Waals surface area contributed by atoms with Crippen LogP contribution in [0.5, 0.6) is 0 Å². The maximum absolute atomic E-state index is 6.38. The van der Waals surface area contributed by atoms with Crippen LogP contribution in [0.25, 0.3) is 0 Å². The minimum absolute atomic E-state index is 0.156. The molecule has 0 heterocycles. The lowest BCUT2D eigenvalue weighted by Gasteiger charge is -2.35. The Labute approximate surface area is 175 Å². The highest BCUT2D eigenvalue weighted by molar-refractivity contribution is 4.80. The van der Waals surface area contributed by atoms with Crippen LogP contribution in [0.15, 0.2) is 0 Å². The summed E-state index contributed by atoms with van der Waals surface area (Å²) >= 11 is 0. The Kier molecular flexibility index (Phi) is 13.8. The van der Waals surface area contributed by atoms with Gasteiger partial charge >= 0.3 is 0 Å². The normalized spacial score (nSPS) is 17.4. The number of hydrogen-bond donors (Lipinski definition) is 4. The van der Waals surface area contributed by atoms with Crippen LogP contribution in [0.1, 0.15) is 55.4 Å². The Bertz CT molecular complexity index is 317. The summed E-state index contributed by atoms with van der Waals surface area (Å²) in [6.07, 6.45) is 0. The van der Waals surface area contributed by atoms with Gasteiger partial charge in [0.2, 0.25) is 0 Å². The molecule has 6 nitrogen and oxygen atoms in total. The van der Waals surface area contributed by atoms with Gasteiger partial charge in [-0.2, -0.15) is 0 Å². The van der Waals surface area contributed by atoms with Crippen molar-refractivity contribution in [2.24, 2.45) is 46.6 Å². The minimum Gasteiger partial charge on any atom is -0.326 e. The van der Waals surface area contributed by atoms with Gasteiger partial charge in [0.05, 0.1) is 0 Å². The zero-order chi connectivity index (χ0) is 22.0. The van der Waals surface area contributed by atoms with Crippen LogP contribution in [-0.2, 0) is 0 Å². The van der Waals surface area contributed by atoms with Crippen molar-refractivity contribution < 1.29 is 0 Å². The van der Waals surface area contributed by atoms with E-state index in [1.54, 1.807) is 0 Å².